The van der Waals surface area contributed by atoms with Crippen molar-refractivity contribution in [1.82, 2.24) is 25.4 Å². The van der Waals surface area contributed by atoms with Gasteiger partial charge in [0.15, 0.2) is 5.96 Å². The second kappa shape index (κ2) is 12.2. The maximum Gasteiger partial charge on any atom is 0.191 e. The van der Waals surface area contributed by atoms with Crippen LogP contribution in [0.3, 0.4) is 0 Å². The van der Waals surface area contributed by atoms with E-state index in [2.05, 4.69) is 49.4 Å². The Bertz CT molecular complexity index is 743. The number of fused-ring (bicyclic) bond motifs is 1. The van der Waals surface area contributed by atoms with Gasteiger partial charge >= 0.3 is 0 Å². The lowest BCUT2D eigenvalue weighted by atomic mass is 10.2. The molecule has 0 aliphatic carbocycles. The van der Waals surface area contributed by atoms with Crippen LogP contribution in [-0.4, -0.2) is 47.0 Å². The van der Waals surface area contributed by atoms with E-state index >= 15 is 0 Å². The third kappa shape index (κ3) is 7.16. The van der Waals surface area contributed by atoms with Gasteiger partial charge in [0.1, 0.15) is 11.6 Å². The Balaban J connectivity index is 1.36. The maximum absolute atomic E-state index is 5.72. The minimum absolute atomic E-state index is 0.638. The van der Waals surface area contributed by atoms with Crippen molar-refractivity contribution in [3.63, 3.8) is 0 Å². The Hall–Kier alpha value is -2.41. The Morgan fingerprint density at radius 2 is 2.03 bits per heavy atom. The zero-order valence-corrected chi connectivity index (χ0v) is 17.6. The van der Waals surface area contributed by atoms with Gasteiger partial charge in [0.05, 0.1) is 13.2 Å². The van der Waals surface area contributed by atoms with Gasteiger partial charge in [-0.05, 0) is 31.7 Å². The van der Waals surface area contributed by atoms with Gasteiger partial charge in [-0.15, -0.1) is 10.2 Å². The van der Waals surface area contributed by atoms with E-state index in [4.69, 9.17) is 4.74 Å². The Morgan fingerprint density at radius 3 is 2.90 bits per heavy atom. The molecule has 158 valence electrons. The van der Waals surface area contributed by atoms with Crippen LogP contribution >= 0.6 is 0 Å². The zero-order chi connectivity index (χ0) is 20.2. The van der Waals surface area contributed by atoms with Crippen LogP contribution in [0.1, 0.15) is 49.8 Å². The summed E-state index contributed by atoms with van der Waals surface area (Å²) in [5, 5.41) is 15.4. The van der Waals surface area contributed by atoms with Crippen LogP contribution in [0, 0.1) is 0 Å². The standard InChI is InChI=1S/C22H34N6O/c1-2-23-22(25-15-17-29-18-19-10-5-3-6-11-19)24-14-9-13-21-27-26-20-12-7-4-8-16-28(20)21/h3,5-6,10-11H,2,4,7-9,12-18H2,1H3,(H2,23,24,25). The molecule has 7 heteroatoms. The lowest BCUT2D eigenvalue weighted by Crippen LogP contribution is -2.39. The average molecular weight is 399 g/mol. The molecule has 1 aliphatic heterocycles. The van der Waals surface area contributed by atoms with Gasteiger partial charge in [0, 0.05) is 39.0 Å². The summed E-state index contributed by atoms with van der Waals surface area (Å²) in [5.41, 5.74) is 1.19. The molecule has 3 rings (SSSR count). The van der Waals surface area contributed by atoms with E-state index in [1.807, 2.05) is 18.2 Å². The van der Waals surface area contributed by atoms with Gasteiger partial charge in [-0.3, -0.25) is 4.99 Å². The second-order valence-corrected chi connectivity index (χ2v) is 7.32. The van der Waals surface area contributed by atoms with Crippen LogP contribution in [0.25, 0.3) is 0 Å². The fraction of sp³-hybridized carbons (Fsp3) is 0.591. The summed E-state index contributed by atoms with van der Waals surface area (Å²) in [6.07, 6.45) is 6.72. The summed E-state index contributed by atoms with van der Waals surface area (Å²) in [5.74, 6) is 3.12. The predicted octanol–water partition coefficient (Wildman–Crippen LogP) is 2.71. The number of guanidine groups is 1. The Morgan fingerprint density at radius 1 is 1.14 bits per heavy atom. The van der Waals surface area contributed by atoms with Crippen molar-refractivity contribution in [3.05, 3.63) is 47.5 Å². The van der Waals surface area contributed by atoms with Crippen molar-refractivity contribution in [3.8, 4) is 0 Å². The molecule has 29 heavy (non-hydrogen) atoms. The lowest BCUT2D eigenvalue weighted by molar-refractivity contribution is 0.125. The summed E-state index contributed by atoms with van der Waals surface area (Å²) in [6, 6.07) is 10.2. The first-order valence-electron chi connectivity index (χ1n) is 10.9. The van der Waals surface area contributed by atoms with Gasteiger partial charge in [-0.2, -0.15) is 0 Å². The second-order valence-electron chi connectivity index (χ2n) is 7.32. The highest BCUT2D eigenvalue weighted by molar-refractivity contribution is 5.79. The van der Waals surface area contributed by atoms with Crippen molar-refractivity contribution in [2.45, 2.75) is 58.6 Å². The third-order valence-corrected chi connectivity index (χ3v) is 5.01. The number of ether oxygens (including phenoxy) is 1. The van der Waals surface area contributed by atoms with Gasteiger partial charge in [-0.1, -0.05) is 36.8 Å². The van der Waals surface area contributed by atoms with E-state index in [0.717, 1.165) is 63.0 Å². The Labute approximate surface area is 174 Å². The number of hydrogen-bond donors (Lipinski definition) is 2. The normalized spacial score (nSPS) is 14.3. The molecule has 2 aromatic rings. The molecule has 7 nitrogen and oxygen atoms in total. The van der Waals surface area contributed by atoms with Crippen LogP contribution in [0.2, 0.25) is 0 Å². The molecule has 0 spiro atoms. The number of aromatic nitrogens is 3. The first-order valence-corrected chi connectivity index (χ1v) is 10.9. The van der Waals surface area contributed by atoms with Crippen molar-refractivity contribution < 1.29 is 4.74 Å². The minimum Gasteiger partial charge on any atom is -0.375 e. The first-order chi connectivity index (χ1) is 14.4. The number of nitrogens with zero attached hydrogens (tertiary/aromatic N) is 4. The van der Waals surface area contributed by atoms with E-state index < -0.39 is 0 Å². The number of aryl methyl sites for hydroxylation is 2. The quantitative estimate of drug-likeness (QED) is 0.366. The smallest absolute Gasteiger partial charge is 0.191 e. The number of benzene rings is 1. The van der Waals surface area contributed by atoms with Crippen molar-refractivity contribution in [2.75, 3.05) is 26.2 Å². The molecule has 0 bridgehead atoms. The summed E-state index contributed by atoms with van der Waals surface area (Å²) in [4.78, 5) is 4.68. The van der Waals surface area contributed by atoms with Gasteiger partial charge < -0.3 is 19.9 Å². The molecule has 2 heterocycles. The predicted molar refractivity (Wildman–Crippen MR) is 116 cm³/mol. The molecule has 1 aromatic heterocycles. The number of nitrogens with one attached hydrogen (secondary N) is 2. The largest absolute Gasteiger partial charge is 0.375 e. The number of hydrogen-bond acceptors (Lipinski definition) is 4. The fourth-order valence-electron chi connectivity index (χ4n) is 3.51. The minimum atomic E-state index is 0.638. The SMILES string of the molecule is CCNC(=NCCCc1nnc2n1CCCCC2)NCCOCc1ccccc1. The lowest BCUT2D eigenvalue weighted by Gasteiger charge is -2.12. The zero-order valence-electron chi connectivity index (χ0n) is 17.6. The highest BCUT2D eigenvalue weighted by Crippen LogP contribution is 2.15. The van der Waals surface area contributed by atoms with Crippen LogP contribution in [-0.2, 0) is 30.7 Å². The summed E-state index contributed by atoms with van der Waals surface area (Å²) >= 11 is 0. The average Bonchev–Trinajstić information content (AvgIpc) is 2.97. The van der Waals surface area contributed by atoms with Crippen LogP contribution < -0.4 is 10.6 Å². The van der Waals surface area contributed by atoms with E-state index in [-0.39, 0.29) is 0 Å². The molecule has 0 saturated carbocycles. The third-order valence-electron chi connectivity index (χ3n) is 5.01. The summed E-state index contributed by atoms with van der Waals surface area (Å²) < 4.78 is 8.05. The van der Waals surface area contributed by atoms with Gasteiger partial charge in [0.25, 0.3) is 0 Å². The highest BCUT2D eigenvalue weighted by Gasteiger charge is 2.13. The van der Waals surface area contributed by atoms with Crippen molar-refractivity contribution in [2.24, 2.45) is 4.99 Å². The monoisotopic (exact) mass is 398 g/mol. The maximum atomic E-state index is 5.72. The summed E-state index contributed by atoms with van der Waals surface area (Å²) in [7, 11) is 0. The van der Waals surface area contributed by atoms with E-state index in [1.165, 1.54) is 24.8 Å². The molecular formula is C22H34N6O. The molecule has 1 aromatic carbocycles. The highest BCUT2D eigenvalue weighted by atomic mass is 16.5. The molecule has 0 fully saturated rings. The Kier molecular flexibility index (Phi) is 8.97. The van der Waals surface area contributed by atoms with E-state index in [9.17, 15) is 0 Å². The molecule has 0 radical (unpaired) electrons. The number of aliphatic imine (C=N–C) groups is 1. The molecule has 1 aliphatic rings. The molecular weight excluding hydrogens is 364 g/mol. The number of rotatable bonds is 10. The van der Waals surface area contributed by atoms with Crippen molar-refractivity contribution in [1.29, 1.82) is 0 Å². The van der Waals surface area contributed by atoms with Crippen LogP contribution in [0.4, 0.5) is 0 Å². The van der Waals surface area contributed by atoms with Crippen molar-refractivity contribution >= 4 is 5.96 Å². The molecule has 0 unspecified atom stereocenters. The molecule has 0 atom stereocenters. The van der Waals surface area contributed by atoms with Crippen LogP contribution in [0.15, 0.2) is 35.3 Å². The topological polar surface area (TPSA) is 76.4 Å². The molecule has 2 N–H and O–H groups in total. The van der Waals surface area contributed by atoms with Gasteiger partial charge in [-0.25, -0.2) is 0 Å². The fourth-order valence-corrected chi connectivity index (χ4v) is 3.51. The van der Waals surface area contributed by atoms with E-state index in [0.29, 0.717) is 13.2 Å². The first kappa shape index (κ1) is 21.3. The van der Waals surface area contributed by atoms with E-state index in [1.54, 1.807) is 0 Å². The molecule has 0 saturated heterocycles. The molecule has 0 amide bonds. The van der Waals surface area contributed by atoms with Crippen LogP contribution in [0.5, 0.6) is 0 Å². The van der Waals surface area contributed by atoms with Gasteiger partial charge in [0.2, 0.25) is 0 Å². The summed E-state index contributed by atoms with van der Waals surface area (Å²) in [6.45, 7) is 6.76.